The number of alkyl halides is 3. The standard InChI is InChI=1S/C11H10F3NO3/c12-11(13,14)10(1-2-10)15-9(18)6-3-7(16)5-8(17)4-6/h3-5,16-17H,1-2H2,(H,15,18). The molecule has 1 saturated carbocycles. The Morgan fingerprint density at radius 1 is 1.17 bits per heavy atom. The van der Waals surface area contributed by atoms with Gasteiger partial charge in [-0.05, 0) is 25.0 Å². The molecule has 0 saturated heterocycles. The van der Waals surface area contributed by atoms with Crippen LogP contribution in [0.25, 0.3) is 0 Å². The van der Waals surface area contributed by atoms with Crippen LogP contribution in [0.3, 0.4) is 0 Å². The van der Waals surface area contributed by atoms with Crippen LogP contribution < -0.4 is 5.32 Å². The molecule has 4 nitrogen and oxygen atoms in total. The summed E-state index contributed by atoms with van der Waals surface area (Å²) in [5.41, 5.74) is -2.38. The van der Waals surface area contributed by atoms with E-state index in [0.717, 1.165) is 18.2 Å². The van der Waals surface area contributed by atoms with Gasteiger partial charge in [-0.1, -0.05) is 0 Å². The number of phenolic OH excluding ortho intramolecular Hbond substituents is 2. The molecule has 2 rings (SSSR count). The summed E-state index contributed by atoms with van der Waals surface area (Å²) in [7, 11) is 0. The largest absolute Gasteiger partial charge is 0.508 e. The maximum Gasteiger partial charge on any atom is 0.411 e. The molecule has 3 N–H and O–H groups in total. The van der Waals surface area contributed by atoms with Gasteiger partial charge in [-0.15, -0.1) is 0 Å². The van der Waals surface area contributed by atoms with Gasteiger partial charge in [0.1, 0.15) is 17.0 Å². The van der Waals surface area contributed by atoms with Crippen molar-refractivity contribution in [2.45, 2.75) is 24.6 Å². The van der Waals surface area contributed by atoms with Crippen LogP contribution in [-0.2, 0) is 0 Å². The number of nitrogens with one attached hydrogen (secondary N) is 1. The van der Waals surface area contributed by atoms with E-state index in [-0.39, 0.29) is 18.4 Å². The van der Waals surface area contributed by atoms with Gasteiger partial charge in [0.05, 0.1) is 0 Å². The summed E-state index contributed by atoms with van der Waals surface area (Å²) in [6, 6.07) is 2.95. The van der Waals surface area contributed by atoms with E-state index in [2.05, 4.69) is 0 Å². The van der Waals surface area contributed by atoms with E-state index in [9.17, 15) is 18.0 Å². The molecule has 1 aromatic carbocycles. The minimum Gasteiger partial charge on any atom is -0.508 e. The maximum atomic E-state index is 12.6. The third kappa shape index (κ3) is 2.20. The van der Waals surface area contributed by atoms with E-state index in [0.29, 0.717) is 0 Å². The third-order valence-electron chi connectivity index (χ3n) is 2.81. The number of carbonyl (C=O) groups is 1. The van der Waals surface area contributed by atoms with Crippen LogP contribution in [0, 0.1) is 0 Å². The Balaban J connectivity index is 2.18. The zero-order chi connectivity index (χ0) is 13.6. The average molecular weight is 261 g/mol. The lowest BCUT2D eigenvalue weighted by molar-refractivity contribution is -0.163. The molecule has 1 aliphatic carbocycles. The molecule has 18 heavy (non-hydrogen) atoms. The Bertz CT molecular complexity index is 475. The minimum absolute atomic E-state index is 0.160. The number of aromatic hydroxyl groups is 2. The summed E-state index contributed by atoms with van der Waals surface area (Å²) >= 11 is 0. The molecule has 1 aromatic rings. The number of halogens is 3. The van der Waals surface area contributed by atoms with Crippen molar-refractivity contribution in [3.8, 4) is 11.5 Å². The smallest absolute Gasteiger partial charge is 0.411 e. The second-order valence-corrected chi connectivity index (χ2v) is 4.27. The number of phenols is 2. The summed E-state index contributed by atoms with van der Waals surface area (Å²) in [6.45, 7) is 0. The SMILES string of the molecule is O=C(NC1(C(F)(F)F)CC1)c1cc(O)cc(O)c1. The molecule has 0 aromatic heterocycles. The van der Waals surface area contributed by atoms with Gasteiger partial charge in [0.25, 0.3) is 5.91 Å². The minimum atomic E-state index is -4.50. The van der Waals surface area contributed by atoms with Gasteiger partial charge in [0.2, 0.25) is 0 Å². The molecule has 1 amide bonds. The quantitative estimate of drug-likeness (QED) is 0.761. The van der Waals surface area contributed by atoms with Crippen molar-refractivity contribution in [1.29, 1.82) is 0 Å². The number of rotatable bonds is 2. The van der Waals surface area contributed by atoms with E-state index in [1.807, 2.05) is 5.32 Å². The molecular weight excluding hydrogens is 251 g/mol. The van der Waals surface area contributed by atoms with Crippen LogP contribution in [0.2, 0.25) is 0 Å². The molecule has 7 heteroatoms. The van der Waals surface area contributed by atoms with Crippen molar-refractivity contribution in [2.24, 2.45) is 0 Å². The summed E-state index contributed by atoms with van der Waals surface area (Å²) in [5, 5.41) is 20.2. The molecule has 1 aliphatic rings. The Kier molecular flexibility index (Phi) is 2.64. The molecule has 98 valence electrons. The summed E-state index contributed by atoms with van der Waals surface area (Å²) < 4.78 is 37.9. The average Bonchev–Trinajstić information content (AvgIpc) is 2.96. The number of hydrogen-bond donors (Lipinski definition) is 3. The van der Waals surface area contributed by atoms with Crippen LogP contribution >= 0.6 is 0 Å². The van der Waals surface area contributed by atoms with Crippen molar-refractivity contribution in [3.05, 3.63) is 23.8 Å². The second kappa shape index (κ2) is 3.79. The molecule has 0 bridgehead atoms. The van der Waals surface area contributed by atoms with E-state index in [1.54, 1.807) is 0 Å². The van der Waals surface area contributed by atoms with Crippen molar-refractivity contribution in [3.63, 3.8) is 0 Å². The van der Waals surface area contributed by atoms with Crippen molar-refractivity contribution < 1.29 is 28.2 Å². The highest BCUT2D eigenvalue weighted by molar-refractivity contribution is 5.95. The molecule has 0 spiro atoms. The Morgan fingerprint density at radius 2 is 1.67 bits per heavy atom. The lowest BCUT2D eigenvalue weighted by Crippen LogP contribution is -2.47. The van der Waals surface area contributed by atoms with Crippen LogP contribution in [0.15, 0.2) is 18.2 Å². The fourth-order valence-electron chi connectivity index (χ4n) is 1.62. The van der Waals surface area contributed by atoms with Crippen LogP contribution in [0.5, 0.6) is 11.5 Å². The fourth-order valence-corrected chi connectivity index (χ4v) is 1.62. The van der Waals surface area contributed by atoms with Gasteiger partial charge < -0.3 is 15.5 Å². The second-order valence-electron chi connectivity index (χ2n) is 4.27. The van der Waals surface area contributed by atoms with Crippen LogP contribution in [-0.4, -0.2) is 27.8 Å². The third-order valence-corrected chi connectivity index (χ3v) is 2.81. The van der Waals surface area contributed by atoms with E-state index >= 15 is 0 Å². The Hall–Kier alpha value is -1.92. The first kappa shape index (κ1) is 12.5. The summed E-state index contributed by atoms with van der Waals surface area (Å²) in [5.74, 6) is -1.76. The molecule has 1 fully saturated rings. The number of carbonyl (C=O) groups excluding carboxylic acids is 1. The molecule has 0 radical (unpaired) electrons. The lowest BCUT2D eigenvalue weighted by atomic mass is 10.1. The highest BCUT2D eigenvalue weighted by Crippen LogP contribution is 2.49. The zero-order valence-corrected chi connectivity index (χ0v) is 9.08. The monoisotopic (exact) mass is 261 g/mol. The molecule has 0 atom stereocenters. The van der Waals surface area contributed by atoms with Crippen molar-refractivity contribution in [2.75, 3.05) is 0 Å². The molecular formula is C11H10F3NO3. The van der Waals surface area contributed by atoms with E-state index in [1.165, 1.54) is 0 Å². The van der Waals surface area contributed by atoms with Gasteiger partial charge in [-0.2, -0.15) is 13.2 Å². The first-order chi connectivity index (χ1) is 8.23. The van der Waals surface area contributed by atoms with Crippen molar-refractivity contribution in [1.82, 2.24) is 5.32 Å². The van der Waals surface area contributed by atoms with Gasteiger partial charge >= 0.3 is 6.18 Å². The number of benzene rings is 1. The van der Waals surface area contributed by atoms with Crippen molar-refractivity contribution >= 4 is 5.91 Å². The predicted molar refractivity (Wildman–Crippen MR) is 55.3 cm³/mol. The molecule has 0 heterocycles. The molecule has 0 aliphatic heterocycles. The highest BCUT2D eigenvalue weighted by atomic mass is 19.4. The molecule has 0 unspecified atom stereocenters. The van der Waals surface area contributed by atoms with Gasteiger partial charge in [0.15, 0.2) is 0 Å². The Morgan fingerprint density at radius 3 is 2.06 bits per heavy atom. The normalized spacial score (nSPS) is 17.3. The van der Waals surface area contributed by atoms with Gasteiger partial charge in [-0.3, -0.25) is 4.79 Å². The van der Waals surface area contributed by atoms with E-state index in [4.69, 9.17) is 10.2 Å². The summed E-state index contributed by atoms with van der Waals surface area (Å²) in [4.78, 5) is 11.6. The van der Waals surface area contributed by atoms with Gasteiger partial charge in [-0.25, -0.2) is 0 Å². The highest BCUT2D eigenvalue weighted by Gasteiger charge is 2.64. The van der Waals surface area contributed by atoms with Crippen LogP contribution in [0.4, 0.5) is 13.2 Å². The maximum absolute atomic E-state index is 12.6. The lowest BCUT2D eigenvalue weighted by Gasteiger charge is -2.20. The first-order valence-corrected chi connectivity index (χ1v) is 5.16. The van der Waals surface area contributed by atoms with Gasteiger partial charge in [0, 0.05) is 11.6 Å². The van der Waals surface area contributed by atoms with E-state index < -0.39 is 29.1 Å². The predicted octanol–water partition coefficient (Wildman–Crippen LogP) is 1.92. The first-order valence-electron chi connectivity index (χ1n) is 5.16. The van der Waals surface area contributed by atoms with Crippen LogP contribution in [0.1, 0.15) is 23.2 Å². The fraction of sp³-hybridized carbons (Fsp3) is 0.364. The topological polar surface area (TPSA) is 69.6 Å². The number of hydrogen-bond acceptors (Lipinski definition) is 3. The Labute approximate surface area is 100 Å². The number of amides is 1. The zero-order valence-electron chi connectivity index (χ0n) is 9.08. The summed E-state index contributed by atoms with van der Waals surface area (Å²) in [6.07, 6.45) is -4.82.